The predicted octanol–water partition coefficient (Wildman–Crippen LogP) is 7.42. The van der Waals surface area contributed by atoms with Crippen LogP contribution < -0.4 is 9.47 Å². The first-order valence-corrected chi connectivity index (χ1v) is 23.2. The van der Waals surface area contributed by atoms with Gasteiger partial charge in [-0.1, -0.05) is 125 Å². The summed E-state index contributed by atoms with van der Waals surface area (Å²) < 4.78 is 25.9. The van der Waals surface area contributed by atoms with E-state index in [0.29, 0.717) is 42.2 Å². The van der Waals surface area contributed by atoms with Crippen LogP contribution in [-0.2, 0) is 27.5 Å². The summed E-state index contributed by atoms with van der Waals surface area (Å²) in [7, 11) is -1.98. The number of aliphatic carboxylic acids is 1. The molecule has 4 N–H and O–H groups in total. The van der Waals surface area contributed by atoms with E-state index in [9.17, 15) is 25.2 Å². The maximum absolute atomic E-state index is 13.2. The number of carboxylic acid groups (broad SMARTS) is 1. The van der Waals surface area contributed by atoms with Crippen molar-refractivity contribution in [3.63, 3.8) is 0 Å². The first-order chi connectivity index (χ1) is 25.9. The minimum Gasteiger partial charge on any atom is -0.489 e. The zero-order valence-electron chi connectivity index (χ0n) is 32.0. The van der Waals surface area contributed by atoms with Gasteiger partial charge in [0, 0.05) is 37.1 Å². The number of ether oxygens (including phenoxy) is 4. The fraction of sp³-hybridized carbons (Fsp3) is 0.523. The number of unbranched alkanes of at least 4 members (excludes halogenated alkanes) is 3. The Bertz CT molecular complexity index is 1780. The summed E-state index contributed by atoms with van der Waals surface area (Å²) in [5.41, 5.74) is 0.282. The van der Waals surface area contributed by atoms with Crippen molar-refractivity contribution in [3.8, 4) is 23.3 Å². The maximum atomic E-state index is 13.2. The summed E-state index contributed by atoms with van der Waals surface area (Å²) in [6.45, 7) is 8.91. The molecule has 3 unspecified atom stereocenters. The molecule has 3 aromatic rings. The molecular formula is C44H56O9Si. The molecule has 3 aliphatic rings. The van der Waals surface area contributed by atoms with Gasteiger partial charge in [0.1, 0.15) is 42.0 Å². The van der Waals surface area contributed by atoms with Crippen LogP contribution in [0.15, 0.2) is 72.8 Å². The van der Waals surface area contributed by atoms with Crippen LogP contribution in [0, 0.1) is 17.3 Å². The van der Waals surface area contributed by atoms with Crippen LogP contribution in [0.1, 0.15) is 86.5 Å². The van der Waals surface area contributed by atoms with Crippen LogP contribution in [0.3, 0.4) is 0 Å². The molecule has 1 saturated heterocycles. The van der Waals surface area contributed by atoms with E-state index in [-0.39, 0.29) is 19.0 Å². The summed E-state index contributed by atoms with van der Waals surface area (Å²) >= 11 is 0. The van der Waals surface area contributed by atoms with Crippen molar-refractivity contribution >= 4 is 14.0 Å². The molecule has 2 aliphatic carbocycles. The number of carboxylic acids is 1. The lowest BCUT2D eigenvalue weighted by Crippen LogP contribution is -2.45. The number of hydrogen-bond acceptors (Lipinski definition) is 8. The highest BCUT2D eigenvalue weighted by molar-refractivity contribution is 6.76. The van der Waals surface area contributed by atoms with Gasteiger partial charge in [-0.25, -0.2) is 0 Å². The second-order valence-corrected chi connectivity index (χ2v) is 22.0. The second-order valence-electron chi connectivity index (χ2n) is 16.5. The van der Waals surface area contributed by atoms with E-state index < -0.39 is 61.7 Å². The summed E-state index contributed by atoms with van der Waals surface area (Å²) in [6, 6.07) is 23.1. The monoisotopic (exact) mass is 756 g/mol. The molecule has 7 atom stereocenters. The second kappa shape index (κ2) is 17.0. The zero-order chi connectivity index (χ0) is 38.5. The molecule has 0 aromatic heterocycles. The lowest BCUT2D eigenvalue weighted by molar-refractivity contribution is -0.157. The average molecular weight is 757 g/mol. The fourth-order valence-electron chi connectivity index (χ4n) is 8.39. The number of carbonyl (C=O) groups is 1. The number of rotatable bonds is 16. The molecule has 10 heteroatoms. The van der Waals surface area contributed by atoms with Crippen molar-refractivity contribution in [2.75, 3.05) is 0 Å². The standard InChI is InChI=1S/C44H56O9Si/c1-5-6-7-8-15-22-32-25-33(50-27-30-18-11-9-12-19-30)26-35(36(32)34(40(46)47)29-54(2,3)4)52-41-38(51-28-31-20-13-10-14-21-31)37(45)39(53-41)44(49)42(48)43(44)23-16-17-24-43/h9-14,18-21,25-26,34,37-39,41-42,45,48-49H,5-8,16-17,23-24,27-29H2,1-4H3,(H,46,47)/t34?,37-,38-,39-,41?,42?,44+/m1/s1. The van der Waals surface area contributed by atoms with Crippen molar-refractivity contribution in [1.82, 2.24) is 0 Å². The summed E-state index contributed by atoms with van der Waals surface area (Å²) in [4.78, 5) is 13.2. The van der Waals surface area contributed by atoms with Crippen molar-refractivity contribution in [2.45, 2.75) is 139 Å². The molecule has 1 spiro atoms. The minimum atomic E-state index is -1.98. The molecule has 290 valence electrons. The van der Waals surface area contributed by atoms with Gasteiger partial charge in [-0.2, -0.15) is 0 Å². The van der Waals surface area contributed by atoms with E-state index in [1.165, 1.54) is 0 Å². The van der Waals surface area contributed by atoms with Gasteiger partial charge in [-0.15, -0.1) is 0 Å². The third-order valence-electron chi connectivity index (χ3n) is 11.3. The maximum Gasteiger partial charge on any atom is 0.310 e. The quantitative estimate of drug-likeness (QED) is 0.0669. The molecular weight excluding hydrogens is 701 g/mol. The Balaban J connectivity index is 1.42. The Labute approximate surface area is 320 Å². The highest BCUT2D eigenvalue weighted by Crippen LogP contribution is 2.68. The summed E-state index contributed by atoms with van der Waals surface area (Å²) in [5.74, 6) is 5.27. The SMILES string of the molecule is CCCCCC#Cc1cc(OCc2ccccc2)cc(OC2O[C@@H]([C@]3(O)C(O)C34CCCC4)[C@H](O)[C@H]2OCc2ccccc2)c1C(C[Si](C)(C)C)C(=O)O. The molecule has 1 aliphatic heterocycles. The van der Waals surface area contributed by atoms with Crippen LogP contribution in [-0.4, -0.2) is 70.8 Å². The van der Waals surface area contributed by atoms with Crippen LogP contribution in [0.2, 0.25) is 25.7 Å². The van der Waals surface area contributed by atoms with Crippen molar-refractivity contribution < 1.29 is 44.2 Å². The van der Waals surface area contributed by atoms with E-state index in [4.69, 9.17) is 18.9 Å². The number of benzene rings is 3. The Hall–Kier alpha value is -3.69. The molecule has 2 saturated carbocycles. The van der Waals surface area contributed by atoms with E-state index >= 15 is 0 Å². The highest BCUT2D eigenvalue weighted by atomic mass is 28.3. The van der Waals surface area contributed by atoms with Crippen LogP contribution in [0.5, 0.6) is 11.5 Å². The Kier molecular flexibility index (Phi) is 12.6. The van der Waals surface area contributed by atoms with Crippen molar-refractivity contribution in [3.05, 3.63) is 95.1 Å². The molecule has 0 radical (unpaired) electrons. The third-order valence-corrected chi connectivity index (χ3v) is 12.9. The first kappa shape index (κ1) is 40.0. The average Bonchev–Trinajstić information content (AvgIpc) is 3.53. The van der Waals surface area contributed by atoms with Gasteiger partial charge < -0.3 is 39.4 Å². The highest BCUT2D eigenvalue weighted by Gasteiger charge is 2.82. The smallest absolute Gasteiger partial charge is 0.310 e. The third kappa shape index (κ3) is 8.57. The van der Waals surface area contributed by atoms with Crippen molar-refractivity contribution in [1.29, 1.82) is 0 Å². The molecule has 3 fully saturated rings. The first-order valence-electron chi connectivity index (χ1n) is 19.5. The van der Waals surface area contributed by atoms with Gasteiger partial charge in [0.05, 0.1) is 18.6 Å². The van der Waals surface area contributed by atoms with Gasteiger partial charge in [0.15, 0.2) is 0 Å². The predicted molar refractivity (Wildman–Crippen MR) is 209 cm³/mol. The fourth-order valence-corrected chi connectivity index (χ4v) is 10.00. The van der Waals surface area contributed by atoms with Gasteiger partial charge in [-0.05, 0) is 42.5 Å². The number of aliphatic hydroxyl groups is 3. The number of aliphatic hydroxyl groups excluding tert-OH is 2. The lowest BCUT2D eigenvalue weighted by atomic mass is 9.93. The summed E-state index contributed by atoms with van der Waals surface area (Å²) in [5, 5.41) is 45.9. The molecule has 1 heterocycles. The van der Waals surface area contributed by atoms with E-state index in [2.05, 4.69) is 38.4 Å². The Morgan fingerprint density at radius 2 is 1.61 bits per heavy atom. The molecule has 9 nitrogen and oxygen atoms in total. The van der Waals surface area contributed by atoms with E-state index in [1.807, 2.05) is 60.7 Å². The van der Waals surface area contributed by atoms with Gasteiger partial charge >= 0.3 is 5.97 Å². The lowest BCUT2D eigenvalue weighted by Gasteiger charge is -2.28. The molecule has 54 heavy (non-hydrogen) atoms. The normalized spacial score (nSPS) is 26.2. The largest absolute Gasteiger partial charge is 0.489 e. The van der Waals surface area contributed by atoms with Crippen molar-refractivity contribution in [2.24, 2.45) is 5.41 Å². The van der Waals surface area contributed by atoms with Gasteiger partial charge in [-0.3, -0.25) is 4.79 Å². The van der Waals surface area contributed by atoms with E-state index in [1.54, 1.807) is 12.1 Å². The zero-order valence-corrected chi connectivity index (χ0v) is 33.0. The van der Waals surface area contributed by atoms with Crippen LogP contribution in [0.4, 0.5) is 0 Å². The van der Waals surface area contributed by atoms with Gasteiger partial charge in [0.2, 0.25) is 6.29 Å². The summed E-state index contributed by atoms with van der Waals surface area (Å²) in [6.07, 6.45) is 0.693. The Morgan fingerprint density at radius 3 is 2.22 bits per heavy atom. The molecule has 0 amide bonds. The Morgan fingerprint density at radius 1 is 0.963 bits per heavy atom. The molecule has 0 bridgehead atoms. The van der Waals surface area contributed by atoms with Gasteiger partial charge in [0.25, 0.3) is 0 Å². The molecule has 3 aromatic carbocycles. The topological polar surface area (TPSA) is 135 Å². The molecule has 6 rings (SSSR count). The van der Waals surface area contributed by atoms with Crippen LogP contribution >= 0.6 is 0 Å². The number of hydrogen-bond donors (Lipinski definition) is 4. The van der Waals surface area contributed by atoms with Crippen LogP contribution in [0.25, 0.3) is 0 Å². The minimum absolute atomic E-state index is 0.125. The van der Waals surface area contributed by atoms with E-state index in [0.717, 1.165) is 43.2 Å².